The Hall–Kier alpha value is -13.7. The molecule has 1 amide bonds. The molecule has 0 saturated carbocycles. The Labute approximate surface area is 747 Å². The zero-order valence-electron chi connectivity index (χ0n) is 75.9. The second-order valence-corrected chi connectivity index (χ2v) is 38.3. The first-order valence-electron chi connectivity index (χ1n) is 40.6. The summed E-state index contributed by atoms with van der Waals surface area (Å²) in [5, 5.41) is 8.58. The Morgan fingerprint density at radius 3 is 1.13 bits per heavy atom. The number of nitrogens with zero attached hydrogens (tertiary/aromatic N) is 18. The van der Waals surface area contributed by atoms with Crippen molar-refractivity contribution >= 4 is 89.0 Å². The molecule has 36 heteroatoms. The molecule has 0 spiro atoms. The molecule has 0 aliphatic rings. The van der Waals surface area contributed by atoms with E-state index in [2.05, 4.69) is 190 Å². The summed E-state index contributed by atoms with van der Waals surface area (Å²) < 4.78 is 23.5. The van der Waals surface area contributed by atoms with Crippen molar-refractivity contribution in [2.24, 2.45) is 17.2 Å². The van der Waals surface area contributed by atoms with Crippen molar-refractivity contribution in [1.82, 2.24) is 89.7 Å². The molecule has 0 aliphatic heterocycles. The van der Waals surface area contributed by atoms with E-state index in [9.17, 15) is 4.79 Å². The number of carbonyl (C=O) groups is 1. The highest BCUT2D eigenvalue weighted by atomic mass is 32.2. The van der Waals surface area contributed by atoms with Gasteiger partial charge in [-0.3, -0.25) is 35.1 Å². The normalized spacial score (nSPS) is 10.9. The highest BCUT2D eigenvalue weighted by Crippen LogP contribution is 2.39. The molecule has 12 aromatic rings. The highest BCUT2D eigenvalue weighted by molar-refractivity contribution is 7.99. The van der Waals surface area contributed by atoms with Gasteiger partial charge in [0.1, 0.15) is 106 Å². The molecule has 0 saturated heterocycles. The lowest BCUT2D eigenvalue weighted by Crippen LogP contribution is -2.40. The number of hydrogen-bond donors (Lipinski definition) is 10. The smallest absolute Gasteiger partial charge is 0.267 e. The van der Waals surface area contributed by atoms with Crippen LogP contribution in [0.2, 0.25) is 19.6 Å². The predicted molar refractivity (Wildman–Crippen MR) is 505 cm³/mol. The van der Waals surface area contributed by atoms with Crippen LogP contribution in [0.25, 0.3) is 0 Å². The maximum Gasteiger partial charge on any atom is 0.267 e. The van der Waals surface area contributed by atoms with E-state index in [1.54, 1.807) is 77.9 Å². The van der Waals surface area contributed by atoms with Gasteiger partial charge < -0.3 is 70.6 Å². The summed E-state index contributed by atoms with van der Waals surface area (Å²) in [5.74, 6) is 16.7. The summed E-state index contributed by atoms with van der Waals surface area (Å²) >= 11 is 6.50. The summed E-state index contributed by atoms with van der Waals surface area (Å²) in [5.41, 5.74) is 63.0. The molecular weight excluding hydrogens is 1650 g/mol. The van der Waals surface area contributed by atoms with Crippen LogP contribution in [-0.4, -0.2) is 115 Å². The first-order valence-corrected chi connectivity index (χ1v) is 45.3. The number of hydrogen-bond acceptors (Lipinski definition) is 32. The Morgan fingerprint density at radius 1 is 0.397 bits per heavy atom. The van der Waals surface area contributed by atoms with E-state index >= 15 is 0 Å². The number of nitrogen functional groups attached to an aromatic ring is 7. The summed E-state index contributed by atoms with van der Waals surface area (Å²) in [4.78, 5) is 88.8. The molecule has 19 N–H and O–H groups in total. The molecule has 33 nitrogen and oxygen atoms in total. The Bertz CT molecular complexity index is 5620. The van der Waals surface area contributed by atoms with Crippen molar-refractivity contribution < 1.29 is 23.7 Å². The van der Waals surface area contributed by atoms with Gasteiger partial charge in [0, 0.05) is 118 Å². The van der Waals surface area contributed by atoms with E-state index in [0.717, 1.165) is 72.8 Å². The minimum absolute atomic E-state index is 0.122. The van der Waals surface area contributed by atoms with Crippen LogP contribution in [0, 0.1) is 58.8 Å². The fraction of sp³-hybridized carbons (Fsp3) is 0.344. The minimum atomic E-state index is -1.52. The van der Waals surface area contributed by atoms with Crippen LogP contribution in [0.5, 0.6) is 46.0 Å². The van der Waals surface area contributed by atoms with Gasteiger partial charge in [0.15, 0.2) is 46.3 Å². The third kappa shape index (κ3) is 29.0. The average Bonchev–Trinajstić information content (AvgIpc) is 0.801. The van der Waals surface area contributed by atoms with Crippen LogP contribution in [0.3, 0.4) is 0 Å². The van der Waals surface area contributed by atoms with Crippen molar-refractivity contribution in [1.29, 1.82) is 5.41 Å². The van der Waals surface area contributed by atoms with Crippen LogP contribution >= 0.6 is 24.0 Å². The van der Waals surface area contributed by atoms with E-state index < -0.39 is 14.0 Å². The number of aromatic nitrogens is 18. The van der Waals surface area contributed by atoms with Crippen LogP contribution in [-0.2, 0) is 12.8 Å². The molecule has 662 valence electrons. The van der Waals surface area contributed by atoms with Gasteiger partial charge in [-0.2, -0.15) is 0 Å². The second-order valence-electron chi connectivity index (χ2n) is 31.8. The number of rotatable bonds is 23. The largest absolute Gasteiger partial charge is 0.451 e. The van der Waals surface area contributed by atoms with E-state index in [1.807, 2.05) is 84.5 Å². The third-order valence-electron chi connectivity index (χ3n) is 18.5. The zero-order valence-corrected chi connectivity index (χ0v) is 78.5. The molecule has 0 aliphatic carbocycles. The summed E-state index contributed by atoms with van der Waals surface area (Å²) in [6, 6.07) is 11.0. The third-order valence-corrected chi connectivity index (χ3v) is 21.6. The van der Waals surface area contributed by atoms with Crippen LogP contribution in [0.15, 0.2) is 121 Å². The minimum Gasteiger partial charge on any atom is -0.451 e. The number of anilines is 6. The highest BCUT2D eigenvalue weighted by Gasteiger charge is 2.24. The molecule has 0 bridgehead atoms. The van der Waals surface area contributed by atoms with Crippen molar-refractivity contribution in [2.75, 3.05) is 34.4 Å². The molecule has 12 rings (SSSR count). The number of nitrogens with two attached hydrogens (primary N) is 9. The second kappa shape index (κ2) is 45.6. The Morgan fingerprint density at radius 2 is 0.754 bits per heavy atom. The van der Waals surface area contributed by atoms with Crippen molar-refractivity contribution in [3.05, 3.63) is 219 Å². The summed E-state index contributed by atoms with van der Waals surface area (Å²) in [6.07, 6.45) is 22.2. The van der Waals surface area contributed by atoms with Crippen LogP contribution in [0.1, 0.15) is 245 Å². The van der Waals surface area contributed by atoms with E-state index in [-0.39, 0.29) is 45.9 Å². The maximum atomic E-state index is 11.3. The van der Waals surface area contributed by atoms with Gasteiger partial charge in [0.25, 0.3) is 5.91 Å². The van der Waals surface area contributed by atoms with Gasteiger partial charge in [-0.15, -0.1) is 0 Å². The molecule has 0 fully saturated rings. The number of amidine groups is 1. The number of aryl methyl sites for hydroxylation is 7. The van der Waals surface area contributed by atoms with Gasteiger partial charge in [0.2, 0.25) is 0 Å². The molecule has 0 radical (unpaired) electrons. The standard InChI is InChI=1S/C16H24N4OSi.C16H18N4O.C16H22N4.C14H18N6O.C14H17N5O2.C14H17N5S2/c1-10(2)12-8-19-15(22(4,5)6)7-13(12)21-14-9-18-11(3)20-16(14)17;1-5-6-12-7-14(13(8-19-12)10(2)3)21-15-9-18-11(4)20-16(15)17;1-5-14-7-12(15(9-19-14)10(2)3)6-13-8-18-11(4)20-16(13)17;1-7(2)9-5-19-10(13(15)16)4-11(9)21-12-6-18-8(3)20-14(12)17;2*1-7(2)9-5-18-10(14(16)20)4-11(9)21-12-6-17-8(3)19-13(12)15/h7-10H,1-6H3,(H2,17,18,20);7-10H,1-4H3,(H2,17,18,20);7-10H,5-6H2,1-4H3,(H2,17,18,20);4-7H,1-3H3,(H3,15,16)(H2,17,18,20);2*4-7H,1-3H3,(H2,16,20)(H2,15,17,19). The zero-order chi connectivity index (χ0) is 93.3. The van der Waals surface area contributed by atoms with Gasteiger partial charge in [0.05, 0.1) is 35.4 Å². The lowest BCUT2D eigenvalue weighted by atomic mass is 9.94. The summed E-state index contributed by atoms with van der Waals surface area (Å²) in [6.45, 7) is 46.4. The van der Waals surface area contributed by atoms with E-state index in [4.69, 9.17) is 88.2 Å². The van der Waals surface area contributed by atoms with Gasteiger partial charge in [-0.1, -0.05) is 140 Å². The number of ether oxygens (including phenoxy) is 4. The van der Waals surface area contributed by atoms with Crippen molar-refractivity contribution in [3.8, 4) is 57.8 Å². The van der Waals surface area contributed by atoms with E-state index in [0.29, 0.717) is 133 Å². The number of primary amides is 1. The Kier molecular flexibility index (Phi) is 36.0. The first-order chi connectivity index (χ1) is 59.3. The number of pyridine rings is 6. The van der Waals surface area contributed by atoms with Gasteiger partial charge in [-0.05, 0) is 131 Å². The molecule has 0 atom stereocenters. The van der Waals surface area contributed by atoms with Crippen molar-refractivity contribution in [3.63, 3.8) is 0 Å². The topological polar surface area (TPSA) is 544 Å². The maximum absolute atomic E-state index is 11.3. The van der Waals surface area contributed by atoms with Gasteiger partial charge >= 0.3 is 0 Å². The molecule has 126 heavy (non-hydrogen) atoms. The number of thiocarbonyl (C=S) groups is 1. The monoisotopic (exact) mass is 1760 g/mol. The van der Waals surface area contributed by atoms with Crippen LogP contribution in [0.4, 0.5) is 34.9 Å². The molecule has 0 aromatic carbocycles. The van der Waals surface area contributed by atoms with Crippen molar-refractivity contribution in [2.45, 2.75) is 216 Å². The SMILES string of the molecule is CC#Cc1cc(Oc2cnc(C)nc2N)c(C(C)C)cn1.CCc1cc(Cc2cnc(C)nc2N)c(C(C)C)cn1.Cc1ncc(Oc2cc(C(=N)N)ncc2C(C)C)c(N)n1.Cc1ncc(Oc2cc(C(N)=O)ncc2C(C)C)c(N)n1.Cc1ncc(Oc2cc([Si](C)(C)C)ncc2C(C)C)c(N)n1.Cc1ncc(Sc2cc(C(N)=S)ncc2C(C)C)c(N)n1. The molecule has 12 aromatic heterocycles. The predicted octanol–water partition coefficient (Wildman–Crippen LogP) is 15.7. The van der Waals surface area contributed by atoms with E-state index in [1.165, 1.54) is 41.3 Å². The lowest BCUT2D eigenvalue weighted by Gasteiger charge is -2.20. The fourth-order valence-corrected chi connectivity index (χ4v) is 13.7. The number of nitrogens with one attached hydrogen (secondary N) is 1. The fourth-order valence-electron chi connectivity index (χ4n) is 11.5. The number of amides is 1. The Balaban J connectivity index is 0.000000207. The molecule has 0 unspecified atom stereocenters. The molecule has 12 heterocycles. The number of carbonyl (C=O) groups excluding carboxylic acids is 1. The van der Waals surface area contributed by atoms with Gasteiger partial charge in [-0.25, -0.2) is 64.8 Å². The molecular formula is C90H116N28O5S2Si. The quantitative estimate of drug-likeness (QED) is 0.00934. The first kappa shape index (κ1) is 99.4. The average molecular weight is 1760 g/mol. The lowest BCUT2D eigenvalue weighted by molar-refractivity contribution is 0.0995. The van der Waals surface area contributed by atoms with Crippen LogP contribution < -0.4 is 75.9 Å². The summed E-state index contributed by atoms with van der Waals surface area (Å²) in [7, 11) is -1.52.